The molecule has 12 atom stereocenters. The Balaban J connectivity index is 1.61. The highest BCUT2D eigenvalue weighted by atomic mass is 16.7. The molecular weight excluding hydrogens is 1070 g/mol. The maximum atomic E-state index is 13.3. The average Bonchev–Trinajstić information content (AvgIpc) is 3.69. The molecule has 14 heteroatoms. The van der Waals surface area contributed by atoms with Crippen molar-refractivity contribution in [2.24, 2.45) is 0 Å². The van der Waals surface area contributed by atoms with Crippen molar-refractivity contribution in [1.29, 1.82) is 0 Å². The van der Waals surface area contributed by atoms with Crippen LogP contribution in [0.5, 0.6) is 0 Å². The molecule has 9 N–H and O–H groups in total. The molecule has 12 unspecified atom stereocenters. The summed E-state index contributed by atoms with van der Waals surface area (Å²) in [5.41, 5.74) is 0. The number of ether oxygens (including phenoxy) is 4. The molecule has 2 fully saturated rings. The third-order valence-electron chi connectivity index (χ3n) is 17.9. The molecule has 0 bridgehead atoms. The van der Waals surface area contributed by atoms with E-state index in [9.17, 15) is 45.6 Å². The van der Waals surface area contributed by atoms with E-state index < -0.39 is 86.8 Å². The summed E-state index contributed by atoms with van der Waals surface area (Å²) in [5, 5.41) is 87.3. The molecule has 1 amide bonds. The first-order chi connectivity index (χ1) is 41.6. The zero-order valence-electron chi connectivity index (χ0n) is 54.6. The smallest absolute Gasteiger partial charge is 0.220 e. The Bertz CT molecular complexity index is 1520. The van der Waals surface area contributed by atoms with Gasteiger partial charge < -0.3 is 65.1 Å². The van der Waals surface area contributed by atoms with Crippen LogP contribution in [-0.4, -0.2) is 140 Å². The van der Waals surface area contributed by atoms with Gasteiger partial charge in [0.05, 0.1) is 32.0 Å². The normalized spacial score (nSPS) is 23.6. The first-order valence-corrected chi connectivity index (χ1v) is 36.1. The summed E-state index contributed by atoms with van der Waals surface area (Å²) in [6.07, 6.45) is 54.1. The lowest BCUT2D eigenvalue weighted by Crippen LogP contribution is -2.65. The van der Waals surface area contributed by atoms with Crippen LogP contribution in [0.15, 0.2) is 24.3 Å². The molecular formula is C71H135NO13. The number of carbonyl (C=O) groups excluding carboxylic acids is 1. The highest BCUT2D eigenvalue weighted by Crippen LogP contribution is 2.30. The van der Waals surface area contributed by atoms with Crippen molar-refractivity contribution < 1.29 is 64.6 Å². The highest BCUT2D eigenvalue weighted by molar-refractivity contribution is 5.76. The molecule has 0 spiro atoms. The molecule has 0 radical (unpaired) electrons. The van der Waals surface area contributed by atoms with Crippen LogP contribution in [0.25, 0.3) is 0 Å². The van der Waals surface area contributed by atoms with Crippen LogP contribution in [0.2, 0.25) is 0 Å². The van der Waals surface area contributed by atoms with E-state index in [4.69, 9.17) is 18.9 Å². The lowest BCUT2D eigenvalue weighted by Gasteiger charge is -2.46. The second kappa shape index (κ2) is 56.5. The van der Waals surface area contributed by atoms with Gasteiger partial charge >= 0.3 is 0 Å². The predicted molar refractivity (Wildman–Crippen MR) is 346 cm³/mol. The molecule has 2 aliphatic heterocycles. The van der Waals surface area contributed by atoms with Gasteiger partial charge in [-0.15, -0.1) is 0 Å². The Morgan fingerprint density at radius 1 is 0.412 bits per heavy atom. The number of nitrogens with one attached hydrogen (secondary N) is 1. The first kappa shape index (κ1) is 79.6. The van der Waals surface area contributed by atoms with Crippen molar-refractivity contribution in [2.45, 2.75) is 402 Å². The van der Waals surface area contributed by atoms with Crippen molar-refractivity contribution in [1.82, 2.24) is 5.32 Å². The average molecular weight is 1210 g/mol. The predicted octanol–water partition coefficient (Wildman–Crippen LogP) is 14.7. The van der Waals surface area contributed by atoms with Crippen LogP contribution >= 0.6 is 0 Å². The molecule has 0 saturated carbocycles. The standard InChI is InChI=1S/C71H135NO13/c1-3-5-7-9-11-13-15-17-19-21-22-23-24-25-26-27-28-29-30-31-32-33-34-35-36-37-39-41-43-45-47-49-51-53-55-63(76)72-59(60(75)54-52-50-48-46-44-42-40-38-20-18-16-14-12-10-8-6-4-2)58-82-70-68(81)66(79)69(62(57-74)84-70)85-71-67(80)65(78)64(77)61(56-73)83-71/h44,46,52,54,59-62,64-71,73-75,77-81H,3-43,45,47-51,53,55-58H2,1-2H3,(H,72,76)/b46-44+,54-52+. The molecule has 2 rings (SSSR count). The first-order valence-electron chi connectivity index (χ1n) is 36.1. The van der Waals surface area contributed by atoms with Gasteiger partial charge in [0.2, 0.25) is 5.91 Å². The Labute approximate surface area is 519 Å². The maximum absolute atomic E-state index is 13.3. The summed E-state index contributed by atoms with van der Waals surface area (Å²) in [7, 11) is 0. The number of hydrogen-bond acceptors (Lipinski definition) is 13. The van der Waals surface area contributed by atoms with Crippen LogP contribution in [0, 0.1) is 0 Å². The molecule has 0 aromatic heterocycles. The number of aliphatic hydroxyl groups is 8. The number of unbranched alkanes of at least 4 members (excludes halogenated alkanes) is 45. The monoisotopic (exact) mass is 1210 g/mol. The van der Waals surface area contributed by atoms with Gasteiger partial charge in [-0.2, -0.15) is 0 Å². The summed E-state index contributed by atoms with van der Waals surface area (Å²) in [4.78, 5) is 13.3. The van der Waals surface area contributed by atoms with Crippen LogP contribution in [-0.2, 0) is 23.7 Å². The van der Waals surface area contributed by atoms with Crippen molar-refractivity contribution in [3.63, 3.8) is 0 Å². The Hall–Kier alpha value is -1.53. The SMILES string of the molecule is CCCCCCCCCCCCC/C=C/CC/C=C/C(O)C(COC1OC(CO)C(OC2OC(CO)C(O)C(O)C2O)C(O)C1O)NC(=O)CCCCCCCCCCCCCCCCCCCCCCCCCCCCCCCCCCCC. The minimum Gasteiger partial charge on any atom is -0.394 e. The van der Waals surface area contributed by atoms with Crippen molar-refractivity contribution in [2.75, 3.05) is 19.8 Å². The molecule has 0 aromatic carbocycles. The second-order valence-corrected chi connectivity index (χ2v) is 25.7. The molecule has 0 aromatic rings. The fourth-order valence-corrected chi connectivity index (χ4v) is 12.1. The number of hydrogen-bond donors (Lipinski definition) is 9. The number of carbonyl (C=O) groups is 1. The quantitative estimate of drug-likeness (QED) is 0.0204. The molecule has 2 heterocycles. The fraction of sp³-hybridized carbons (Fsp3) is 0.930. The summed E-state index contributed by atoms with van der Waals surface area (Å²) >= 11 is 0. The summed E-state index contributed by atoms with van der Waals surface area (Å²) < 4.78 is 22.8. The third-order valence-corrected chi connectivity index (χ3v) is 17.9. The number of rotatable bonds is 60. The van der Waals surface area contributed by atoms with E-state index in [1.807, 2.05) is 6.08 Å². The van der Waals surface area contributed by atoms with E-state index in [0.29, 0.717) is 12.8 Å². The molecule has 14 nitrogen and oxygen atoms in total. The fourth-order valence-electron chi connectivity index (χ4n) is 12.1. The lowest BCUT2D eigenvalue weighted by molar-refractivity contribution is -0.359. The third kappa shape index (κ3) is 40.8. The Kier molecular flexibility index (Phi) is 52.8. The molecule has 0 aliphatic carbocycles. The molecule has 2 aliphatic rings. The van der Waals surface area contributed by atoms with Gasteiger partial charge in [0.1, 0.15) is 48.8 Å². The minimum atomic E-state index is -1.79. The largest absolute Gasteiger partial charge is 0.394 e. The zero-order chi connectivity index (χ0) is 61.6. The lowest BCUT2D eigenvalue weighted by atomic mass is 9.97. The van der Waals surface area contributed by atoms with Gasteiger partial charge in [-0.3, -0.25) is 4.79 Å². The van der Waals surface area contributed by atoms with E-state index in [1.54, 1.807) is 6.08 Å². The van der Waals surface area contributed by atoms with Gasteiger partial charge in [-0.25, -0.2) is 0 Å². The second-order valence-electron chi connectivity index (χ2n) is 25.7. The van der Waals surface area contributed by atoms with E-state index in [0.717, 1.165) is 32.1 Å². The van der Waals surface area contributed by atoms with E-state index in [-0.39, 0.29) is 18.9 Å². The van der Waals surface area contributed by atoms with Gasteiger partial charge in [-0.1, -0.05) is 314 Å². The summed E-state index contributed by atoms with van der Waals surface area (Å²) in [5.74, 6) is -0.242. The molecule has 2 saturated heterocycles. The van der Waals surface area contributed by atoms with Gasteiger partial charge in [-0.05, 0) is 32.1 Å². The van der Waals surface area contributed by atoms with E-state index in [2.05, 4.69) is 31.3 Å². The number of allylic oxidation sites excluding steroid dienone is 3. The Morgan fingerprint density at radius 2 is 0.753 bits per heavy atom. The van der Waals surface area contributed by atoms with Crippen molar-refractivity contribution in [3.8, 4) is 0 Å². The minimum absolute atomic E-state index is 0.242. The van der Waals surface area contributed by atoms with Crippen LogP contribution in [0.1, 0.15) is 328 Å². The van der Waals surface area contributed by atoms with E-state index in [1.165, 1.54) is 263 Å². The van der Waals surface area contributed by atoms with Crippen molar-refractivity contribution in [3.05, 3.63) is 24.3 Å². The van der Waals surface area contributed by atoms with Gasteiger partial charge in [0.15, 0.2) is 12.6 Å². The van der Waals surface area contributed by atoms with Gasteiger partial charge in [0.25, 0.3) is 0 Å². The maximum Gasteiger partial charge on any atom is 0.220 e. The highest BCUT2D eigenvalue weighted by Gasteiger charge is 2.51. The summed E-state index contributed by atoms with van der Waals surface area (Å²) in [6.45, 7) is 2.83. The topological polar surface area (TPSA) is 228 Å². The number of aliphatic hydroxyl groups excluding tert-OH is 8. The number of amides is 1. The van der Waals surface area contributed by atoms with E-state index >= 15 is 0 Å². The van der Waals surface area contributed by atoms with Crippen LogP contribution in [0.3, 0.4) is 0 Å². The molecule has 502 valence electrons. The van der Waals surface area contributed by atoms with Gasteiger partial charge in [0, 0.05) is 6.42 Å². The summed E-state index contributed by atoms with van der Waals surface area (Å²) in [6, 6.07) is -0.929. The zero-order valence-corrected chi connectivity index (χ0v) is 54.6. The van der Waals surface area contributed by atoms with Crippen LogP contribution in [0.4, 0.5) is 0 Å². The van der Waals surface area contributed by atoms with Crippen LogP contribution < -0.4 is 5.32 Å². The van der Waals surface area contributed by atoms with Crippen molar-refractivity contribution >= 4 is 5.91 Å². The molecule has 85 heavy (non-hydrogen) atoms. The Morgan fingerprint density at radius 3 is 1.15 bits per heavy atom.